The molecule has 11 heteroatoms. The summed E-state index contributed by atoms with van der Waals surface area (Å²) in [5, 5.41) is 3.76. The average Bonchev–Trinajstić information content (AvgIpc) is 2.94. The van der Waals surface area contributed by atoms with Gasteiger partial charge in [0, 0.05) is 12.6 Å². The number of nitrogens with one attached hydrogen (secondary N) is 1. The van der Waals surface area contributed by atoms with Crippen LogP contribution < -0.4 is 9.62 Å². The van der Waals surface area contributed by atoms with Crippen LogP contribution in [0.25, 0.3) is 0 Å². The van der Waals surface area contributed by atoms with Crippen molar-refractivity contribution in [2.24, 2.45) is 0 Å². The highest BCUT2D eigenvalue weighted by Gasteiger charge is 2.34. The highest BCUT2D eigenvalue weighted by Crippen LogP contribution is 2.31. The fourth-order valence-electron chi connectivity index (χ4n) is 4.20. The van der Waals surface area contributed by atoms with Crippen LogP contribution >= 0.6 is 34.8 Å². The Morgan fingerprint density at radius 2 is 1.54 bits per heavy atom. The van der Waals surface area contributed by atoms with Crippen LogP contribution in [0.5, 0.6) is 0 Å². The maximum absolute atomic E-state index is 14.1. The SMILES string of the molecule is CC[C@@H](C)NC(=O)[C@@H](CC)N(Cc1ccc(Cl)c(Cl)c1)C(=O)CN(c1ccccc1Cl)S(=O)(=O)c1ccc(C)cc1. The van der Waals surface area contributed by atoms with E-state index in [-0.39, 0.29) is 34.1 Å². The maximum Gasteiger partial charge on any atom is 0.264 e. The molecule has 3 aromatic rings. The number of aryl methyl sites for hydroxylation is 1. The predicted octanol–water partition coefficient (Wildman–Crippen LogP) is 6.87. The molecule has 0 unspecified atom stereocenters. The number of carbonyl (C=O) groups is 2. The molecule has 3 rings (SSSR count). The molecule has 3 aromatic carbocycles. The van der Waals surface area contributed by atoms with Crippen LogP contribution in [0, 0.1) is 6.92 Å². The molecule has 0 saturated heterocycles. The van der Waals surface area contributed by atoms with Crippen molar-refractivity contribution in [1.29, 1.82) is 0 Å². The topological polar surface area (TPSA) is 86.8 Å². The largest absolute Gasteiger partial charge is 0.352 e. The van der Waals surface area contributed by atoms with E-state index in [1.807, 2.05) is 20.8 Å². The number of amides is 2. The molecule has 0 bridgehead atoms. The number of para-hydroxylation sites is 1. The number of benzene rings is 3. The zero-order valence-corrected chi connectivity index (χ0v) is 26.5. The van der Waals surface area contributed by atoms with Crippen molar-refractivity contribution in [1.82, 2.24) is 10.2 Å². The van der Waals surface area contributed by atoms with E-state index >= 15 is 0 Å². The van der Waals surface area contributed by atoms with Crippen LogP contribution in [0.1, 0.15) is 44.7 Å². The van der Waals surface area contributed by atoms with Crippen molar-refractivity contribution in [3.05, 3.63) is 92.9 Å². The Hall–Kier alpha value is -2.78. The van der Waals surface area contributed by atoms with Crippen molar-refractivity contribution in [2.45, 2.75) is 64.1 Å². The molecule has 0 aliphatic rings. The van der Waals surface area contributed by atoms with Gasteiger partial charge >= 0.3 is 0 Å². The van der Waals surface area contributed by atoms with E-state index in [2.05, 4.69) is 5.32 Å². The molecule has 2 atom stereocenters. The Bertz CT molecular complexity index is 1480. The van der Waals surface area contributed by atoms with Gasteiger partial charge < -0.3 is 10.2 Å². The summed E-state index contributed by atoms with van der Waals surface area (Å²) < 4.78 is 28.9. The molecule has 41 heavy (non-hydrogen) atoms. The lowest BCUT2D eigenvalue weighted by atomic mass is 10.1. The molecule has 0 fully saturated rings. The minimum atomic E-state index is -4.22. The van der Waals surface area contributed by atoms with E-state index < -0.39 is 28.5 Å². The molecule has 0 radical (unpaired) electrons. The molecule has 0 aromatic heterocycles. The molecule has 0 saturated carbocycles. The summed E-state index contributed by atoms with van der Waals surface area (Å²) in [7, 11) is -4.22. The smallest absolute Gasteiger partial charge is 0.264 e. The second-order valence-electron chi connectivity index (χ2n) is 9.79. The average molecular weight is 639 g/mol. The first kappa shape index (κ1) is 32.7. The van der Waals surface area contributed by atoms with Crippen molar-refractivity contribution < 1.29 is 18.0 Å². The lowest BCUT2D eigenvalue weighted by Gasteiger charge is -2.34. The Morgan fingerprint density at radius 3 is 2.12 bits per heavy atom. The highest BCUT2D eigenvalue weighted by molar-refractivity contribution is 7.92. The van der Waals surface area contributed by atoms with Gasteiger partial charge in [-0.3, -0.25) is 13.9 Å². The van der Waals surface area contributed by atoms with E-state index in [1.54, 1.807) is 55.5 Å². The lowest BCUT2D eigenvalue weighted by Crippen LogP contribution is -2.53. The van der Waals surface area contributed by atoms with Crippen LogP contribution in [0.15, 0.2) is 71.6 Å². The first-order valence-electron chi connectivity index (χ1n) is 13.3. The molecule has 0 aliphatic heterocycles. The second-order valence-corrected chi connectivity index (χ2v) is 12.9. The fraction of sp³-hybridized carbons (Fsp3) is 0.333. The zero-order valence-electron chi connectivity index (χ0n) is 23.4. The quantitative estimate of drug-likeness (QED) is 0.235. The molecule has 220 valence electrons. The molecule has 2 amide bonds. The Labute approximate surface area is 257 Å². The van der Waals surface area contributed by atoms with E-state index in [0.29, 0.717) is 28.5 Å². The van der Waals surface area contributed by atoms with Crippen LogP contribution in [0.3, 0.4) is 0 Å². The number of hydrogen-bond acceptors (Lipinski definition) is 4. The van der Waals surface area contributed by atoms with Gasteiger partial charge in [0.05, 0.1) is 25.7 Å². The van der Waals surface area contributed by atoms with Crippen molar-refractivity contribution in [3.63, 3.8) is 0 Å². The lowest BCUT2D eigenvalue weighted by molar-refractivity contribution is -0.140. The van der Waals surface area contributed by atoms with Gasteiger partial charge in [0.25, 0.3) is 10.0 Å². The van der Waals surface area contributed by atoms with E-state index in [0.717, 1.165) is 9.87 Å². The Kier molecular flexibility index (Phi) is 11.5. The summed E-state index contributed by atoms with van der Waals surface area (Å²) in [4.78, 5) is 28.9. The Morgan fingerprint density at radius 1 is 0.878 bits per heavy atom. The standard InChI is InChI=1S/C30H34Cl3N3O4S/c1-5-21(4)34-30(38)27(6-2)35(18-22-13-16-24(31)26(33)17-22)29(37)19-36(28-10-8-7-9-25(28)32)41(39,40)23-14-11-20(3)12-15-23/h7-17,21,27H,5-6,18-19H2,1-4H3,(H,34,38)/t21-,27-/m1/s1. The van der Waals surface area contributed by atoms with Gasteiger partial charge in [0.15, 0.2) is 0 Å². The molecule has 7 nitrogen and oxygen atoms in total. The zero-order chi connectivity index (χ0) is 30.3. The minimum absolute atomic E-state index is 0.00307. The third kappa shape index (κ3) is 8.16. The first-order valence-corrected chi connectivity index (χ1v) is 15.8. The third-order valence-corrected chi connectivity index (χ3v) is 9.57. The van der Waals surface area contributed by atoms with Crippen LogP contribution in [-0.4, -0.2) is 43.8 Å². The van der Waals surface area contributed by atoms with Crippen molar-refractivity contribution in [3.8, 4) is 0 Å². The van der Waals surface area contributed by atoms with Gasteiger partial charge in [0.1, 0.15) is 12.6 Å². The summed E-state index contributed by atoms with van der Waals surface area (Å²) in [6.07, 6.45) is 1.00. The number of carbonyl (C=O) groups excluding carboxylic acids is 2. The third-order valence-electron chi connectivity index (χ3n) is 6.73. The molecular formula is C30H34Cl3N3O4S. The number of sulfonamides is 1. The number of hydrogen-bond donors (Lipinski definition) is 1. The van der Waals surface area contributed by atoms with Crippen molar-refractivity contribution >= 4 is 62.3 Å². The number of halogens is 3. The Balaban J connectivity index is 2.09. The molecule has 1 N–H and O–H groups in total. The van der Waals surface area contributed by atoms with Crippen LogP contribution in [0.2, 0.25) is 15.1 Å². The summed E-state index contributed by atoms with van der Waals surface area (Å²) in [6, 6.07) is 16.7. The second kappa shape index (κ2) is 14.4. The van der Waals surface area contributed by atoms with Gasteiger partial charge in [0.2, 0.25) is 11.8 Å². The van der Waals surface area contributed by atoms with Crippen LogP contribution in [-0.2, 0) is 26.2 Å². The summed E-state index contributed by atoms with van der Waals surface area (Å²) >= 11 is 18.8. The minimum Gasteiger partial charge on any atom is -0.352 e. The van der Waals surface area contributed by atoms with Gasteiger partial charge in [-0.1, -0.05) is 84.5 Å². The summed E-state index contributed by atoms with van der Waals surface area (Å²) in [6.45, 7) is 6.88. The van der Waals surface area contributed by atoms with E-state index in [1.165, 1.54) is 23.1 Å². The highest BCUT2D eigenvalue weighted by atomic mass is 35.5. The fourth-order valence-corrected chi connectivity index (χ4v) is 6.24. The van der Waals surface area contributed by atoms with Crippen molar-refractivity contribution in [2.75, 3.05) is 10.8 Å². The van der Waals surface area contributed by atoms with Gasteiger partial charge in [-0.25, -0.2) is 8.42 Å². The first-order chi connectivity index (χ1) is 19.4. The van der Waals surface area contributed by atoms with Gasteiger partial charge in [-0.2, -0.15) is 0 Å². The molecule has 0 aliphatic carbocycles. The predicted molar refractivity (Wildman–Crippen MR) is 166 cm³/mol. The van der Waals surface area contributed by atoms with Gasteiger partial charge in [-0.15, -0.1) is 0 Å². The summed E-state index contributed by atoms with van der Waals surface area (Å²) in [5.41, 5.74) is 1.66. The normalized spacial score (nSPS) is 12.9. The monoisotopic (exact) mass is 637 g/mol. The maximum atomic E-state index is 14.1. The molecule has 0 spiro atoms. The molecule has 0 heterocycles. The summed E-state index contributed by atoms with van der Waals surface area (Å²) in [5.74, 6) is -0.918. The van der Waals surface area contributed by atoms with Crippen LogP contribution in [0.4, 0.5) is 5.69 Å². The van der Waals surface area contributed by atoms with E-state index in [9.17, 15) is 18.0 Å². The number of nitrogens with zero attached hydrogens (tertiary/aromatic N) is 2. The van der Waals surface area contributed by atoms with E-state index in [4.69, 9.17) is 34.8 Å². The molecular weight excluding hydrogens is 605 g/mol. The van der Waals surface area contributed by atoms with Gasteiger partial charge in [-0.05, 0) is 68.7 Å². The number of anilines is 1. The number of rotatable bonds is 12.